The lowest BCUT2D eigenvalue weighted by atomic mass is 9.74. The maximum absolute atomic E-state index is 6.67. The minimum atomic E-state index is -0.214. The van der Waals surface area contributed by atoms with Gasteiger partial charge in [0.25, 0.3) is 0 Å². The van der Waals surface area contributed by atoms with Crippen LogP contribution in [-0.4, -0.2) is 24.5 Å². The van der Waals surface area contributed by atoms with Crippen LogP contribution in [0.3, 0.4) is 0 Å². The van der Waals surface area contributed by atoms with Crippen LogP contribution < -0.4 is 4.74 Å². The fourth-order valence-electron chi connectivity index (χ4n) is 4.78. The van der Waals surface area contributed by atoms with Crippen LogP contribution >= 0.6 is 0 Å². The van der Waals surface area contributed by atoms with E-state index in [1.165, 1.54) is 16.7 Å². The first kappa shape index (κ1) is 16.6. The first-order chi connectivity index (χ1) is 13.4. The molecule has 0 saturated carbocycles. The summed E-state index contributed by atoms with van der Waals surface area (Å²) in [5.74, 6) is 1.46. The van der Waals surface area contributed by atoms with Crippen molar-refractivity contribution in [3.05, 3.63) is 102 Å². The van der Waals surface area contributed by atoms with E-state index in [2.05, 4.69) is 89.8 Å². The predicted octanol–water partition coefficient (Wildman–Crippen LogP) is 5.01. The number of nitrogens with zero attached hydrogens (tertiary/aromatic N) is 1. The Hall–Kier alpha value is -2.58. The molecule has 2 aliphatic rings. The molecule has 0 radical (unpaired) electrons. The van der Waals surface area contributed by atoms with Crippen LogP contribution in [0.2, 0.25) is 0 Å². The zero-order valence-corrected chi connectivity index (χ0v) is 15.6. The second-order valence-electron chi connectivity index (χ2n) is 7.73. The van der Waals surface area contributed by atoms with Crippen molar-refractivity contribution < 1.29 is 4.74 Å². The van der Waals surface area contributed by atoms with E-state index in [-0.39, 0.29) is 5.60 Å². The van der Waals surface area contributed by atoms with Crippen LogP contribution in [-0.2, 0) is 12.0 Å². The number of hydrogen-bond acceptors (Lipinski definition) is 2. The van der Waals surface area contributed by atoms with Gasteiger partial charge in [0, 0.05) is 37.5 Å². The normalized spacial score (nSPS) is 24.1. The van der Waals surface area contributed by atoms with Crippen molar-refractivity contribution in [2.75, 3.05) is 19.6 Å². The van der Waals surface area contributed by atoms with Gasteiger partial charge in [0.2, 0.25) is 0 Å². The molecule has 2 aliphatic heterocycles. The van der Waals surface area contributed by atoms with Crippen molar-refractivity contribution in [3.8, 4) is 5.75 Å². The smallest absolute Gasteiger partial charge is 0.143 e. The number of fused-ring (bicyclic) bond motifs is 3. The van der Waals surface area contributed by atoms with E-state index < -0.39 is 0 Å². The van der Waals surface area contributed by atoms with Crippen LogP contribution in [0.5, 0.6) is 5.75 Å². The van der Waals surface area contributed by atoms with Gasteiger partial charge in [-0.2, -0.15) is 0 Å². The molecular formula is C25H25NO. The Kier molecular flexibility index (Phi) is 4.21. The van der Waals surface area contributed by atoms with Crippen molar-refractivity contribution in [2.24, 2.45) is 0 Å². The molecule has 1 saturated heterocycles. The van der Waals surface area contributed by atoms with E-state index in [1.807, 2.05) is 0 Å². The van der Waals surface area contributed by atoms with E-state index in [9.17, 15) is 0 Å². The molecule has 27 heavy (non-hydrogen) atoms. The molecule has 0 N–H and O–H groups in total. The molecular weight excluding hydrogens is 330 g/mol. The first-order valence-electron chi connectivity index (χ1n) is 9.95. The van der Waals surface area contributed by atoms with E-state index in [0.29, 0.717) is 5.92 Å². The van der Waals surface area contributed by atoms with E-state index in [4.69, 9.17) is 4.74 Å². The molecule has 0 spiro atoms. The highest BCUT2D eigenvalue weighted by Gasteiger charge is 2.52. The number of piperidine rings is 1. The number of rotatable bonds is 4. The number of para-hydroxylation sites is 1. The minimum absolute atomic E-state index is 0.214. The van der Waals surface area contributed by atoms with Gasteiger partial charge in [0.15, 0.2) is 0 Å². The third kappa shape index (κ3) is 2.94. The molecule has 3 aromatic carbocycles. The summed E-state index contributed by atoms with van der Waals surface area (Å²) in [4.78, 5) is 2.62. The molecule has 0 aliphatic carbocycles. The van der Waals surface area contributed by atoms with E-state index >= 15 is 0 Å². The second kappa shape index (κ2) is 6.86. The summed E-state index contributed by atoms with van der Waals surface area (Å²) in [6.45, 7) is 3.23. The lowest BCUT2D eigenvalue weighted by Crippen LogP contribution is -2.49. The quantitative estimate of drug-likeness (QED) is 0.652. The fourth-order valence-corrected chi connectivity index (χ4v) is 4.78. The van der Waals surface area contributed by atoms with Crippen LogP contribution in [0.15, 0.2) is 84.9 Å². The van der Waals surface area contributed by atoms with E-state index in [0.717, 1.165) is 38.2 Å². The number of hydrogen-bond donors (Lipinski definition) is 0. The second-order valence-corrected chi connectivity index (χ2v) is 7.73. The number of benzene rings is 3. The third-order valence-electron chi connectivity index (χ3n) is 6.21. The highest BCUT2D eigenvalue weighted by molar-refractivity contribution is 5.47. The van der Waals surface area contributed by atoms with E-state index in [1.54, 1.807) is 0 Å². The monoisotopic (exact) mass is 355 g/mol. The maximum atomic E-state index is 6.67. The van der Waals surface area contributed by atoms with Crippen LogP contribution in [0.25, 0.3) is 0 Å². The van der Waals surface area contributed by atoms with Gasteiger partial charge in [-0.25, -0.2) is 0 Å². The van der Waals surface area contributed by atoms with Crippen molar-refractivity contribution >= 4 is 0 Å². The molecule has 1 fully saturated rings. The van der Waals surface area contributed by atoms with Crippen molar-refractivity contribution in [1.82, 2.24) is 4.90 Å². The van der Waals surface area contributed by atoms with Gasteiger partial charge >= 0.3 is 0 Å². The molecule has 3 aromatic rings. The zero-order chi connectivity index (χ0) is 18.1. The Morgan fingerprint density at radius 1 is 0.852 bits per heavy atom. The summed E-state index contributed by atoms with van der Waals surface area (Å²) in [5.41, 5.74) is 3.88. The highest BCUT2D eigenvalue weighted by atomic mass is 16.5. The average Bonchev–Trinajstić information content (AvgIpc) is 3.09. The Morgan fingerprint density at radius 2 is 1.56 bits per heavy atom. The molecule has 2 nitrogen and oxygen atoms in total. The predicted molar refractivity (Wildman–Crippen MR) is 109 cm³/mol. The SMILES string of the molecule is c1ccc(CCN2CC[C@@]3(c4ccccc4)Oc4ccccc4[C@H]3C2)cc1. The number of ether oxygens (including phenoxy) is 1. The van der Waals surface area contributed by atoms with Gasteiger partial charge in [-0.05, 0) is 23.6 Å². The summed E-state index contributed by atoms with van der Waals surface area (Å²) < 4.78 is 6.67. The molecule has 0 amide bonds. The van der Waals surface area contributed by atoms with Gasteiger partial charge in [-0.3, -0.25) is 0 Å². The lowest BCUT2D eigenvalue weighted by molar-refractivity contribution is 0.000174. The van der Waals surface area contributed by atoms with Gasteiger partial charge in [-0.1, -0.05) is 78.9 Å². The number of likely N-dealkylation sites (tertiary alicyclic amines) is 1. The molecule has 0 unspecified atom stereocenters. The van der Waals surface area contributed by atoms with Gasteiger partial charge in [-0.15, -0.1) is 0 Å². The Balaban J connectivity index is 1.42. The van der Waals surface area contributed by atoms with Crippen LogP contribution in [0, 0.1) is 0 Å². The Labute approximate surface area is 161 Å². The largest absolute Gasteiger partial charge is 0.482 e. The summed E-state index contributed by atoms with van der Waals surface area (Å²) in [6.07, 6.45) is 2.14. The minimum Gasteiger partial charge on any atom is -0.482 e. The zero-order valence-electron chi connectivity index (χ0n) is 15.6. The molecule has 2 heterocycles. The Bertz CT molecular complexity index is 908. The lowest BCUT2D eigenvalue weighted by Gasteiger charge is -2.43. The third-order valence-corrected chi connectivity index (χ3v) is 6.21. The summed E-state index contributed by atoms with van der Waals surface area (Å²) in [7, 11) is 0. The van der Waals surface area contributed by atoms with Gasteiger partial charge in [0.05, 0.1) is 0 Å². The summed E-state index contributed by atoms with van der Waals surface area (Å²) in [5, 5.41) is 0. The fraction of sp³-hybridized carbons (Fsp3) is 0.280. The van der Waals surface area contributed by atoms with Crippen molar-refractivity contribution in [3.63, 3.8) is 0 Å². The summed E-state index contributed by atoms with van der Waals surface area (Å²) >= 11 is 0. The molecule has 0 bridgehead atoms. The topological polar surface area (TPSA) is 12.5 Å². The van der Waals surface area contributed by atoms with Crippen LogP contribution in [0.4, 0.5) is 0 Å². The molecule has 0 aromatic heterocycles. The maximum Gasteiger partial charge on any atom is 0.143 e. The molecule has 5 rings (SSSR count). The van der Waals surface area contributed by atoms with Gasteiger partial charge < -0.3 is 9.64 Å². The van der Waals surface area contributed by atoms with Crippen molar-refractivity contribution in [1.29, 1.82) is 0 Å². The van der Waals surface area contributed by atoms with Gasteiger partial charge in [0.1, 0.15) is 11.4 Å². The Morgan fingerprint density at radius 3 is 2.37 bits per heavy atom. The molecule has 136 valence electrons. The average molecular weight is 355 g/mol. The molecule has 2 atom stereocenters. The highest BCUT2D eigenvalue weighted by Crippen LogP contribution is 2.54. The van der Waals surface area contributed by atoms with Crippen molar-refractivity contribution in [2.45, 2.75) is 24.4 Å². The first-order valence-corrected chi connectivity index (χ1v) is 9.95. The van der Waals surface area contributed by atoms with Crippen LogP contribution in [0.1, 0.15) is 29.0 Å². The standard InChI is InChI=1S/C25H25NO/c1-3-9-20(10-4-1)15-17-26-18-16-25(21-11-5-2-6-12-21)23(19-26)22-13-7-8-14-24(22)27-25/h1-14,23H,15-19H2/t23-,25+/m1/s1. The molecule has 2 heteroatoms. The summed E-state index contributed by atoms with van der Waals surface area (Å²) in [6, 6.07) is 30.3.